The lowest BCUT2D eigenvalue weighted by Crippen LogP contribution is -2.27. The van der Waals surface area contributed by atoms with Crippen molar-refractivity contribution in [1.82, 2.24) is 0 Å². The van der Waals surface area contributed by atoms with Gasteiger partial charge in [-0.2, -0.15) is 13.2 Å². The normalized spacial score (nSPS) is 20.0. The molecule has 0 amide bonds. The van der Waals surface area contributed by atoms with Gasteiger partial charge in [0.15, 0.2) is 0 Å². The van der Waals surface area contributed by atoms with Gasteiger partial charge in [0.05, 0.1) is 5.56 Å². The van der Waals surface area contributed by atoms with Gasteiger partial charge >= 0.3 is 12.1 Å². The highest BCUT2D eigenvalue weighted by molar-refractivity contribution is 5.84. The van der Waals surface area contributed by atoms with Crippen LogP contribution < -0.4 is 4.74 Å². The zero-order valence-corrected chi connectivity index (χ0v) is 20.6. The summed E-state index contributed by atoms with van der Waals surface area (Å²) in [5.41, 5.74) is 0.459. The van der Waals surface area contributed by atoms with Crippen LogP contribution in [0.4, 0.5) is 13.2 Å². The number of halogens is 3. The van der Waals surface area contributed by atoms with Gasteiger partial charge in [-0.3, -0.25) is 0 Å². The number of fused-ring (bicyclic) bond motifs is 1. The average Bonchev–Trinajstić information content (AvgIpc) is 3.42. The molecule has 4 rings (SSSR count). The van der Waals surface area contributed by atoms with Crippen LogP contribution in [-0.2, 0) is 22.1 Å². The van der Waals surface area contributed by atoms with Crippen LogP contribution >= 0.6 is 0 Å². The van der Waals surface area contributed by atoms with Gasteiger partial charge < -0.3 is 13.9 Å². The lowest BCUT2D eigenvalue weighted by Gasteiger charge is -2.21. The van der Waals surface area contributed by atoms with Crippen molar-refractivity contribution in [1.29, 1.82) is 0 Å². The fourth-order valence-corrected chi connectivity index (χ4v) is 4.79. The minimum Gasteiger partial charge on any atom is -0.490 e. The van der Waals surface area contributed by atoms with Crippen molar-refractivity contribution in [3.8, 4) is 17.1 Å². The Morgan fingerprint density at radius 1 is 1.11 bits per heavy atom. The van der Waals surface area contributed by atoms with Crippen molar-refractivity contribution >= 4 is 16.9 Å². The lowest BCUT2D eigenvalue weighted by molar-refractivity contribution is -0.145. The first-order chi connectivity index (χ1) is 17.2. The third-order valence-electron chi connectivity index (χ3n) is 6.85. The highest BCUT2D eigenvalue weighted by Gasteiger charge is 2.37. The molecule has 1 saturated carbocycles. The number of hydrogen-bond donors (Lipinski definition) is 0. The first-order valence-corrected chi connectivity index (χ1v) is 12.4. The predicted octanol–water partition coefficient (Wildman–Crippen LogP) is 8.13. The number of ether oxygens (including phenoxy) is 2. The summed E-state index contributed by atoms with van der Waals surface area (Å²) in [5, 5.41) is 0.690. The molecule has 3 atom stereocenters. The van der Waals surface area contributed by atoms with E-state index in [0.29, 0.717) is 35.1 Å². The van der Waals surface area contributed by atoms with Crippen LogP contribution in [0.5, 0.6) is 5.75 Å². The largest absolute Gasteiger partial charge is 0.490 e. The Morgan fingerprint density at radius 3 is 2.61 bits per heavy atom. The van der Waals surface area contributed by atoms with Crippen molar-refractivity contribution < 1.29 is 31.9 Å². The Kier molecular flexibility index (Phi) is 7.76. The van der Waals surface area contributed by atoms with E-state index in [1.165, 1.54) is 12.1 Å². The molecule has 0 N–H and O–H groups in total. The van der Waals surface area contributed by atoms with Gasteiger partial charge in [0.1, 0.15) is 29.3 Å². The summed E-state index contributed by atoms with van der Waals surface area (Å²) in [7, 11) is 0. The molecule has 0 aliphatic heterocycles. The van der Waals surface area contributed by atoms with Gasteiger partial charge in [0.25, 0.3) is 0 Å². The van der Waals surface area contributed by atoms with Gasteiger partial charge in [-0.15, -0.1) is 0 Å². The van der Waals surface area contributed by atoms with Crippen LogP contribution in [-0.4, -0.2) is 18.2 Å². The third-order valence-corrected chi connectivity index (χ3v) is 6.85. The molecule has 1 aromatic heterocycles. The second-order valence-electron chi connectivity index (χ2n) is 9.42. The summed E-state index contributed by atoms with van der Waals surface area (Å²) in [5.74, 6) is 0.254. The van der Waals surface area contributed by atoms with Crippen LogP contribution in [0.25, 0.3) is 22.3 Å². The number of aryl methyl sites for hydroxylation is 1. The quantitative estimate of drug-likeness (QED) is 0.169. The third kappa shape index (κ3) is 5.77. The highest BCUT2D eigenvalue weighted by Crippen LogP contribution is 2.40. The summed E-state index contributed by atoms with van der Waals surface area (Å²) in [6.07, 6.45) is 1.13. The van der Waals surface area contributed by atoms with E-state index in [9.17, 15) is 18.0 Å². The average molecular weight is 501 g/mol. The number of unbranched alkanes of at least 4 members (excludes halogenated alkanes) is 2. The molecule has 36 heavy (non-hydrogen) atoms. The monoisotopic (exact) mass is 500 g/mol. The SMILES string of the molecule is C=CC(=O)OC1CCC(Oc2ccc3cc(-c4ccc(CCCCC)cc4C(F)(F)F)oc3c2)C1C. The molecule has 0 radical (unpaired) electrons. The van der Waals surface area contributed by atoms with Crippen molar-refractivity contribution in [2.24, 2.45) is 5.92 Å². The number of alkyl halides is 3. The van der Waals surface area contributed by atoms with E-state index < -0.39 is 17.7 Å². The Bertz CT molecular complexity index is 1230. The number of carbonyl (C=O) groups excluding carboxylic acids is 1. The predicted molar refractivity (Wildman–Crippen MR) is 133 cm³/mol. The molecule has 1 fully saturated rings. The summed E-state index contributed by atoms with van der Waals surface area (Å²) >= 11 is 0. The molecule has 1 heterocycles. The first kappa shape index (κ1) is 25.9. The Morgan fingerprint density at radius 2 is 1.89 bits per heavy atom. The number of furan rings is 1. The fraction of sp³-hybridized carbons (Fsp3) is 0.414. The molecule has 3 aromatic rings. The number of rotatable bonds is 9. The molecule has 3 unspecified atom stereocenters. The Labute approximate surface area is 209 Å². The minimum atomic E-state index is -4.49. The zero-order valence-electron chi connectivity index (χ0n) is 20.6. The van der Waals surface area contributed by atoms with E-state index in [4.69, 9.17) is 13.9 Å². The second-order valence-corrected chi connectivity index (χ2v) is 9.42. The van der Waals surface area contributed by atoms with Crippen molar-refractivity contribution in [3.63, 3.8) is 0 Å². The summed E-state index contributed by atoms with van der Waals surface area (Å²) in [4.78, 5) is 11.5. The maximum Gasteiger partial charge on any atom is 0.417 e. The van der Waals surface area contributed by atoms with Crippen LogP contribution in [0.3, 0.4) is 0 Å². The van der Waals surface area contributed by atoms with E-state index in [2.05, 4.69) is 13.5 Å². The van der Waals surface area contributed by atoms with Crippen LogP contribution in [0.1, 0.15) is 57.1 Å². The van der Waals surface area contributed by atoms with Crippen LogP contribution in [0.2, 0.25) is 0 Å². The summed E-state index contributed by atoms with van der Waals surface area (Å²) < 4.78 is 59.2. The molecule has 192 valence electrons. The molecule has 1 aliphatic carbocycles. The first-order valence-electron chi connectivity index (χ1n) is 12.4. The van der Waals surface area contributed by atoms with Gasteiger partial charge in [-0.05, 0) is 55.5 Å². The lowest BCUT2D eigenvalue weighted by atomic mass is 9.98. The molecule has 1 aliphatic rings. The number of carbonyl (C=O) groups is 1. The van der Waals surface area contributed by atoms with E-state index in [0.717, 1.165) is 31.8 Å². The molecule has 7 heteroatoms. The number of esters is 1. The van der Waals surface area contributed by atoms with Crippen LogP contribution in [0.15, 0.2) is 59.5 Å². The highest BCUT2D eigenvalue weighted by atomic mass is 19.4. The van der Waals surface area contributed by atoms with Crippen molar-refractivity contribution in [3.05, 3.63) is 66.2 Å². The summed E-state index contributed by atoms with van der Waals surface area (Å²) in [6, 6.07) is 11.4. The second kappa shape index (κ2) is 10.8. The molecule has 4 nitrogen and oxygen atoms in total. The van der Waals surface area contributed by atoms with E-state index in [-0.39, 0.29) is 29.4 Å². The van der Waals surface area contributed by atoms with Gasteiger partial charge in [0, 0.05) is 29.0 Å². The smallest absolute Gasteiger partial charge is 0.417 e. The minimum absolute atomic E-state index is 0.0121. The molecule has 0 bridgehead atoms. The maximum absolute atomic E-state index is 13.9. The fourth-order valence-electron chi connectivity index (χ4n) is 4.79. The van der Waals surface area contributed by atoms with Gasteiger partial charge in [-0.1, -0.05) is 45.4 Å². The van der Waals surface area contributed by atoms with Gasteiger partial charge in [0.2, 0.25) is 0 Å². The maximum atomic E-state index is 13.9. The van der Waals surface area contributed by atoms with Crippen LogP contribution in [0, 0.1) is 5.92 Å². The molecular weight excluding hydrogens is 469 g/mol. The van der Waals surface area contributed by atoms with Crippen molar-refractivity contribution in [2.45, 2.75) is 70.8 Å². The molecule has 2 aromatic carbocycles. The van der Waals surface area contributed by atoms with Gasteiger partial charge in [-0.25, -0.2) is 4.79 Å². The zero-order chi connectivity index (χ0) is 25.9. The van der Waals surface area contributed by atoms with E-state index in [1.807, 2.05) is 6.92 Å². The molecule has 0 saturated heterocycles. The Balaban J connectivity index is 1.55. The number of benzene rings is 2. The summed E-state index contributed by atoms with van der Waals surface area (Å²) in [6.45, 7) is 7.46. The molecular formula is C29H31F3O4. The van der Waals surface area contributed by atoms with E-state index >= 15 is 0 Å². The Hall–Kier alpha value is -3.22. The van der Waals surface area contributed by atoms with Crippen molar-refractivity contribution in [2.75, 3.05) is 0 Å². The van der Waals surface area contributed by atoms with E-state index in [1.54, 1.807) is 30.3 Å². The standard InChI is InChI=1S/C29H31F3O4/c1-4-6-7-8-19-9-12-22(23(15-19)29(30,31)32)27-16-20-10-11-21(17-26(20)35-27)34-24-13-14-25(18(24)3)36-28(33)5-2/h5,9-12,15-18,24-25H,2,4,6-8,13-14H2,1,3H3. The topological polar surface area (TPSA) is 48.7 Å². The molecule has 0 spiro atoms. The number of hydrogen-bond acceptors (Lipinski definition) is 4.